The molecule has 2 aromatic heterocycles. The highest BCUT2D eigenvalue weighted by Crippen LogP contribution is 2.50. The summed E-state index contributed by atoms with van der Waals surface area (Å²) in [6, 6.07) is 66.9. The van der Waals surface area contributed by atoms with Crippen molar-refractivity contribution in [3.05, 3.63) is 188 Å². The summed E-state index contributed by atoms with van der Waals surface area (Å²) >= 11 is 0. The zero-order valence-corrected chi connectivity index (χ0v) is 28.7. The third kappa shape index (κ3) is 4.61. The van der Waals surface area contributed by atoms with E-state index in [-0.39, 0.29) is 0 Å². The lowest BCUT2D eigenvalue weighted by Crippen LogP contribution is -2.13. The molecule has 0 radical (unpaired) electrons. The number of benzene rings is 9. The molecule has 0 aliphatic heterocycles. The van der Waals surface area contributed by atoms with Crippen LogP contribution in [0, 0.1) is 0 Å². The second-order valence-corrected chi connectivity index (χ2v) is 13.6. The minimum Gasteiger partial charge on any atom is -0.456 e. The van der Waals surface area contributed by atoms with Crippen LogP contribution in [0.4, 0.5) is 17.1 Å². The first-order chi connectivity index (χ1) is 26.3. The minimum atomic E-state index is 0.850. The van der Waals surface area contributed by atoms with Gasteiger partial charge in [-0.3, -0.25) is 0 Å². The molecule has 11 rings (SSSR count). The fourth-order valence-corrected chi connectivity index (χ4v) is 8.31. The van der Waals surface area contributed by atoms with Crippen molar-refractivity contribution >= 4 is 82.5 Å². The first-order valence-corrected chi connectivity index (χ1v) is 18.0. The lowest BCUT2D eigenvalue weighted by molar-refractivity contribution is 0.668. The Hall–Kier alpha value is -7.10. The average molecular weight is 678 g/mol. The summed E-state index contributed by atoms with van der Waals surface area (Å²) in [6.45, 7) is 0. The van der Waals surface area contributed by atoms with E-state index < -0.39 is 0 Å². The van der Waals surface area contributed by atoms with Gasteiger partial charge >= 0.3 is 0 Å². The molecule has 11 aromatic rings. The second kappa shape index (κ2) is 11.7. The number of anilines is 3. The summed E-state index contributed by atoms with van der Waals surface area (Å²) in [6.07, 6.45) is 0. The van der Waals surface area contributed by atoms with Gasteiger partial charge in [0, 0.05) is 27.3 Å². The first kappa shape index (κ1) is 29.6. The predicted molar refractivity (Wildman–Crippen MR) is 222 cm³/mol. The number of hydrogen-bond donors (Lipinski definition) is 0. The van der Waals surface area contributed by atoms with Crippen LogP contribution in [-0.4, -0.2) is 0 Å². The zero-order valence-electron chi connectivity index (χ0n) is 28.7. The highest BCUT2D eigenvalue weighted by molar-refractivity contribution is 6.17. The van der Waals surface area contributed by atoms with Gasteiger partial charge in [0.2, 0.25) is 0 Å². The Morgan fingerprint density at radius 2 is 0.849 bits per heavy atom. The van der Waals surface area contributed by atoms with Gasteiger partial charge in [-0.15, -0.1) is 0 Å². The molecule has 0 fully saturated rings. The van der Waals surface area contributed by atoms with Crippen molar-refractivity contribution < 1.29 is 8.83 Å². The molecule has 0 amide bonds. The molecular weight excluding hydrogens is 647 g/mol. The quantitative estimate of drug-likeness (QED) is 0.170. The molecule has 0 aliphatic rings. The van der Waals surface area contributed by atoms with E-state index in [1.54, 1.807) is 0 Å². The smallest absolute Gasteiger partial charge is 0.137 e. The molecule has 53 heavy (non-hydrogen) atoms. The van der Waals surface area contributed by atoms with Crippen LogP contribution in [0.3, 0.4) is 0 Å². The molecule has 248 valence electrons. The largest absolute Gasteiger partial charge is 0.456 e. The van der Waals surface area contributed by atoms with Crippen LogP contribution < -0.4 is 4.90 Å². The van der Waals surface area contributed by atoms with Gasteiger partial charge in [-0.1, -0.05) is 133 Å². The number of nitrogens with zero attached hydrogens (tertiary/aromatic N) is 1. The van der Waals surface area contributed by atoms with Gasteiger partial charge < -0.3 is 13.7 Å². The third-order valence-corrected chi connectivity index (χ3v) is 10.7. The Labute approximate surface area is 305 Å². The fourth-order valence-electron chi connectivity index (χ4n) is 8.31. The minimum absolute atomic E-state index is 0.850. The van der Waals surface area contributed by atoms with E-state index in [1.165, 1.54) is 27.1 Å². The van der Waals surface area contributed by atoms with Crippen molar-refractivity contribution in [2.45, 2.75) is 0 Å². The van der Waals surface area contributed by atoms with Crippen LogP contribution in [0.15, 0.2) is 197 Å². The molecule has 0 N–H and O–H groups in total. The Morgan fingerprint density at radius 3 is 1.68 bits per heavy atom. The van der Waals surface area contributed by atoms with Crippen LogP contribution in [0.1, 0.15) is 0 Å². The molecule has 0 bridgehead atoms. The van der Waals surface area contributed by atoms with Crippen LogP contribution in [0.25, 0.3) is 87.7 Å². The van der Waals surface area contributed by atoms with Crippen molar-refractivity contribution in [3.63, 3.8) is 0 Å². The highest BCUT2D eigenvalue weighted by atomic mass is 16.3. The molecule has 0 aliphatic carbocycles. The van der Waals surface area contributed by atoms with Gasteiger partial charge in [0.15, 0.2) is 0 Å². The number of para-hydroxylation sites is 4. The van der Waals surface area contributed by atoms with Gasteiger partial charge in [0.1, 0.15) is 22.3 Å². The fraction of sp³-hybridized carbons (Fsp3) is 0. The lowest BCUT2D eigenvalue weighted by atomic mass is 9.91. The lowest BCUT2D eigenvalue weighted by Gasteiger charge is -2.30. The maximum atomic E-state index is 6.49. The van der Waals surface area contributed by atoms with Crippen LogP contribution in [0.5, 0.6) is 0 Å². The Bertz CT molecular complexity index is 3200. The molecule has 3 nitrogen and oxygen atoms in total. The van der Waals surface area contributed by atoms with Crippen molar-refractivity contribution in [1.29, 1.82) is 0 Å². The van der Waals surface area contributed by atoms with E-state index in [1.807, 2.05) is 18.2 Å². The number of fused-ring (bicyclic) bond motifs is 9. The molecule has 0 unspecified atom stereocenters. The Morgan fingerprint density at radius 1 is 0.302 bits per heavy atom. The molecule has 9 aromatic carbocycles. The Kier molecular flexibility index (Phi) is 6.55. The van der Waals surface area contributed by atoms with Crippen molar-refractivity contribution in [2.75, 3.05) is 4.90 Å². The summed E-state index contributed by atoms with van der Waals surface area (Å²) in [5.74, 6) is 0. The second-order valence-electron chi connectivity index (χ2n) is 13.6. The first-order valence-electron chi connectivity index (χ1n) is 18.0. The van der Waals surface area contributed by atoms with Gasteiger partial charge in [-0.05, 0) is 87.3 Å². The van der Waals surface area contributed by atoms with Crippen LogP contribution in [-0.2, 0) is 0 Å². The highest BCUT2D eigenvalue weighted by Gasteiger charge is 2.25. The van der Waals surface area contributed by atoms with E-state index in [4.69, 9.17) is 8.83 Å². The van der Waals surface area contributed by atoms with E-state index in [0.717, 1.165) is 77.6 Å². The Balaban J connectivity index is 1.22. The molecule has 0 saturated heterocycles. The van der Waals surface area contributed by atoms with Crippen molar-refractivity contribution in [2.24, 2.45) is 0 Å². The van der Waals surface area contributed by atoms with E-state index in [2.05, 4.69) is 175 Å². The molecule has 0 saturated carbocycles. The summed E-state index contributed by atoms with van der Waals surface area (Å²) in [5.41, 5.74) is 11.2. The SMILES string of the molecule is c1ccc(N(c2ccccc2-c2cc3ccccc3c3ccccc23)c2cccc3oc4ccccc4c23)c(-c2ccc3c(c2)oc2ccccc23)c1. The molecule has 0 spiro atoms. The van der Waals surface area contributed by atoms with E-state index in [0.29, 0.717) is 0 Å². The van der Waals surface area contributed by atoms with E-state index >= 15 is 0 Å². The van der Waals surface area contributed by atoms with Crippen molar-refractivity contribution in [3.8, 4) is 22.3 Å². The predicted octanol–water partition coefficient (Wildman–Crippen LogP) is 14.6. The van der Waals surface area contributed by atoms with Gasteiger partial charge in [0.05, 0.1) is 22.4 Å². The monoisotopic (exact) mass is 677 g/mol. The van der Waals surface area contributed by atoms with Gasteiger partial charge in [-0.2, -0.15) is 0 Å². The summed E-state index contributed by atoms with van der Waals surface area (Å²) in [4.78, 5) is 2.43. The molecule has 2 heterocycles. The molecule has 3 heteroatoms. The maximum absolute atomic E-state index is 6.49. The maximum Gasteiger partial charge on any atom is 0.137 e. The third-order valence-electron chi connectivity index (χ3n) is 10.7. The topological polar surface area (TPSA) is 29.5 Å². The van der Waals surface area contributed by atoms with E-state index in [9.17, 15) is 0 Å². The normalized spacial score (nSPS) is 11.8. The molecule has 0 atom stereocenters. The van der Waals surface area contributed by atoms with Crippen LogP contribution in [0.2, 0.25) is 0 Å². The standard InChI is InChI=1S/C50H31NO2/c1-2-15-34-32(14-1)30-42(37-18-4-3-17-36(34)37)38-19-6-10-23-44(38)51(45-24-13-27-48-50(45)41-21-8-12-26-47(41)52-48)43-22-9-5-16-35(43)33-28-29-40-39-20-7-11-25-46(39)53-49(40)31-33/h1-31H. The summed E-state index contributed by atoms with van der Waals surface area (Å²) < 4.78 is 12.9. The summed E-state index contributed by atoms with van der Waals surface area (Å²) in [5, 5.41) is 9.31. The average Bonchev–Trinajstić information content (AvgIpc) is 3.80. The van der Waals surface area contributed by atoms with Gasteiger partial charge in [-0.25, -0.2) is 0 Å². The van der Waals surface area contributed by atoms with Gasteiger partial charge in [0.25, 0.3) is 0 Å². The molecular formula is C50H31NO2. The van der Waals surface area contributed by atoms with Crippen molar-refractivity contribution in [1.82, 2.24) is 0 Å². The number of rotatable bonds is 5. The number of furan rings is 2. The number of hydrogen-bond acceptors (Lipinski definition) is 3. The van der Waals surface area contributed by atoms with Crippen LogP contribution >= 0.6 is 0 Å². The summed E-state index contributed by atoms with van der Waals surface area (Å²) in [7, 11) is 0. The zero-order chi connectivity index (χ0) is 34.9.